The highest BCUT2D eigenvalue weighted by Crippen LogP contribution is 2.43. The number of hydrogen-bond acceptors (Lipinski definition) is 2. The first-order valence-corrected chi connectivity index (χ1v) is 8.35. The normalized spacial score (nSPS) is 23.7. The number of ether oxygens (including phenoxy) is 1. The van der Waals surface area contributed by atoms with E-state index in [1.165, 1.54) is 4.91 Å². The van der Waals surface area contributed by atoms with Gasteiger partial charge in [-0.3, -0.25) is 0 Å². The zero-order chi connectivity index (χ0) is 15.9. The minimum absolute atomic E-state index is 0.0740. The minimum atomic E-state index is 0.0740. The van der Waals surface area contributed by atoms with Gasteiger partial charge in [0.25, 0.3) is 0 Å². The second-order valence-electron chi connectivity index (χ2n) is 5.13. The van der Waals surface area contributed by atoms with Gasteiger partial charge in [-0.1, -0.05) is 69.8 Å². The molecule has 1 heterocycles. The molecule has 0 aromatic carbocycles. The van der Waals surface area contributed by atoms with Crippen LogP contribution in [0.1, 0.15) is 41.5 Å². The fraction of sp³-hybridized carbons (Fsp3) is 0.368. The molecule has 0 spiro atoms. The Kier molecular flexibility index (Phi) is 6.83. The van der Waals surface area contributed by atoms with Gasteiger partial charge < -0.3 is 4.74 Å². The van der Waals surface area contributed by atoms with E-state index in [0.717, 1.165) is 16.4 Å². The molecule has 0 saturated heterocycles. The predicted molar refractivity (Wildman–Crippen MR) is 95.8 cm³/mol. The van der Waals surface area contributed by atoms with Crippen LogP contribution in [0.2, 0.25) is 0 Å². The highest BCUT2D eigenvalue weighted by molar-refractivity contribution is 8.07. The van der Waals surface area contributed by atoms with E-state index in [1.807, 2.05) is 45.9 Å². The zero-order valence-corrected chi connectivity index (χ0v) is 14.8. The standard InChI is InChI=1S/C17H20OS.C2H6/c1-5-7-8-13-15(6-2)19-16-10-12-17(3,4)11-9-14(16)18-13;1-2/h5-12H,1-4H3;1-2H3/b7-5+,13-8+,15-6+;. The molecule has 0 unspecified atom stereocenters. The third-order valence-electron chi connectivity index (χ3n) is 2.96. The Hall–Kier alpha value is -1.41. The fourth-order valence-electron chi connectivity index (χ4n) is 1.81. The lowest BCUT2D eigenvalue weighted by Gasteiger charge is -2.21. The Labute approximate surface area is 133 Å². The molecule has 0 fully saturated rings. The van der Waals surface area contributed by atoms with Crippen LogP contribution in [0.3, 0.4) is 0 Å². The first-order valence-electron chi connectivity index (χ1n) is 7.54. The first-order chi connectivity index (χ1) is 10.1. The van der Waals surface area contributed by atoms with Gasteiger partial charge in [0, 0.05) is 5.41 Å². The van der Waals surface area contributed by atoms with Crippen LogP contribution in [-0.2, 0) is 4.74 Å². The predicted octanol–water partition coefficient (Wildman–Crippen LogP) is 6.50. The van der Waals surface area contributed by atoms with E-state index in [-0.39, 0.29) is 5.41 Å². The summed E-state index contributed by atoms with van der Waals surface area (Å²) >= 11 is 1.76. The lowest BCUT2D eigenvalue weighted by atomic mass is 9.93. The van der Waals surface area contributed by atoms with Crippen molar-refractivity contribution in [3.05, 3.63) is 69.9 Å². The van der Waals surface area contributed by atoms with Crippen molar-refractivity contribution in [3.8, 4) is 0 Å². The zero-order valence-electron chi connectivity index (χ0n) is 13.9. The average molecular weight is 302 g/mol. The Bertz CT molecular complexity index is 540. The molecule has 1 aliphatic heterocycles. The maximum Gasteiger partial charge on any atom is 0.141 e. The van der Waals surface area contributed by atoms with Gasteiger partial charge in [-0.25, -0.2) is 0 Å². The maximum atomic E-state index is 6.03. The van der Waals surface area contributed by atoms with Crippen molar-refractivity contribution in [2.24, 2.45) is 5.41 Å². The molecule has 1 nitrogen and oxygen atoms in total. The quantitative estimate of drug-likeness (QED) is 0.546. The van der Waals surface area contributed by atoms with Crippen LogP contribution in [0.25, 0.3) is 0 Å². The Morgan fingerprint density at radius 3 is 2.38 bits per heavy atom. The van der Waals surface area contributed by atoms with E-state index < -0.39 is 0 Å². The molecule has 0 aromatic rings. The van der Waals surface area contributed by atoms with Gasteiger partial charge >= 0.3 is 0 Å². The van der Waals surface area contributed by atoms with E-state index in [0.29, 0.717) is 0 Å². The van der Waals surface area contributed by atoms with Gasteiger partial charge in [-0.15, -0.1) is 0 Å². The Morgan fingerprint density at radius 2 is 1.76 bits per heavy atom. The average Bonchev–Trinajstić information content (AvgIpc) is 2.65. The molecule has 1 aliphatic carbocycles. The number of hydrogen-bond donors (Lipinski definition) is 0. The molecule has 2 aliphatic rings. The SMILES string of the molecule is C/C=C/C=C1/OC2=C(C=CC(C)(C)C=C2)S/C1=C/C.CC. The van der Waals surface area contributed by atoms with Crippen LogP contribution in [0.15, 0.2) is 69.9 Å². The summed E-state index contributed by atoms with van der Waals surface area (Å²) in [5.41, 5.74) is 0.0740. The second kappa shape index (κ2) is 8.14. The summed E-state index contributed by atoms with van der Waals surface area (Å²) in [7, 11) is 0. The highest BCUT2D eigenvalue weighted by Gasteiger charge is 2.22. The molecule has 0 aromatic heterocycles. The summed E-state index contributed by atoms with van der Waals surface area (Å²) in [6.07, 6.45) is 16.8. The molecule has 2 heteroatoms. The lowest BCUT2D eigenvalue weighted by molar-refractivity contribution is 0.330. The first kappa shape index (κ1) is 17.6. The van der Waals surface area contributed by atoms with Gasteiger partial charge in [-0.05, 0) is 32.1 Å². The Morgan fingerprint density at radius 1 is 1.10 bits per heavy atom. The van der Waals surface area contributed by atoms with E-state index in [2.05, 4.69) is 44.2 Å². The number of allylic oxidation sites excluding steroid dienone is 8. The lowest BCUT2D eigenvalue weighted by Crippen LogP contribution is -2.01. The maximum absolute atomic E-state index is 6.03. The van der Waals surface area contributed by atoms with Crippen molar-refractivity contribution >= 4 is 11.8 Å². The summed E-state index contributed by atoms with van der Waals surface area (Å²) in [4.78, 5) is 2.34. The van der Waals surface area contributed by atoms with Crippen LogP contribution in [0, 0.1) is 5.41 Å². The van der Waals surface area contributed by atoms with E-state index in [1.54, 1.807) is 11.8 Å². The molecular formula is C19H26OS. The van der Waals surface area contributed by atoms with Crippen molar-refractivity contribution < 1.29 is 4.74 Å². The molecule has 21 heavy (non-hydrogen) atoms. The van der Waals surface area contributed by atoms with Crippen LogP contribution < -0.4 is 0 Å². The second-order valence-corrected chi connectivity index (χ2v) is 6.21. The van der Waals surface area contributed by atoms with E-state index >= 15 is 0 Å². The molecule has 0 radical (unpaired) electrons. The number of thioether (sulfide) groups is 1. The Balaban J connectivity index is 0.00000106. The molecule has 0 atom stereocenters. The van der Waals surface area contributed by atoms with E-state index in [9.17, 15) is 0 Å². The topological polar surface area (TPSA) is 9.23 Å². The number of rotatable bonds is 1. The van der Waals surface area contributed by atoms with Crippen LogP contribution >= 0.6 is 11.8 Å². The van der Waals surface area contributed by atoms with Crippen molar-refractivity contribution in [3.63, 3.8) is 0 Å². The highest BCUT2D eigenvalue weighted by atomic mass is 32.2. The third kappa shape index (κ3) is 4.82. The molecule has 0 N–H and O–H groups in total. The monoisotopic (exact) mass is 302 g/mol. The van der Waals surface area contributed by atoms with Gasteiger partial charge in [0.05, 0.1) is 9.81 Å². The summed E-state index contributed by atoms with van der Waals surface area (Å²) in [6.45, 7) is 12.4. The molecule has 0 amide bonds. The molecular weight excluding hydrogens is 276 g/mol. The summed E-state index contributed by atoms with van der Waals surface area (Å²) in [5.74, 6) is 1.86. The summed E-state index contributed by atoms with van der Waals surface area (Å²) in [6, 6.07) is 0. The summed E-state index contributed by atoms with van der Waals surface area (Å²) in [5, 5.41) is 0. The molecule has 114 valence electrons. The minimum Gasteiger partial charge on any atom is -0.455 e. The smallest absolute Gasteiger partial charge is 0.141 e. The van der Waals surface area contributed by atoms with Crippen LogP contribution in [0.4, 0.5) is 0 Å². The van der Waals surface area contributed by atoms with Gasteiger partial charge in [0.1, 0.15) is 11.5 Å². The van der Waals surface area contributed by atoms with Crippen LogP contribution in [0.5, 0.6) is 0 Å². The van der Waals surface area contributed by atoms with E-state index in [4.69, 9.17) is 4.74 Å². The third-order valence-corrected chi connectivity index (χ3v) is 4.17. The molecule has 0 bridgehead atoms. The van der Waals surface area contributed by atoms with Gasteiger partial charge in [0.15, 0.2) is 0 Å². The summed E-state index contributed by atoms with van der Waals surface area (Å²) < 4.78 is 6.03. The van der Waals surface area contributed by atoms with Crippen molar-refractivity contribution in [1.29, 1.82) is 0 Å². The largest absolute Gasteiger partial charge is 0.455 e. The molecule has 0 saturated carbocycles. The van der Waals surface area contributed by atoms with Crippen molar-refractivity contribution in [2.45, 2.75) is 41.5 Å². The molecule has 2 rings (SSSR count). The fourth-order valence-corrected chi connectivity index (χ4v) is 2.72. The van der Waals surface area contributed by atoms with Gasteiger partial charge in [-0.2, -0.15) is 0 Å². The van der Waals surface area contributed by atoms with Gasteiger partial charge in [0.2, 0.25) is 0 Å². The van der Waals surface area contributed by atoms with Crippen LogP contribution in [-0.4, -0.2) is 0 Å². The van der Waals surface area contributed by atoms with Crippen molar-refractivity contribution in [2.75, 3.05) is 0 Å². The van der Waals surface area contributed by atoms with Crippen molar-refractivity contribution in [1.82, 2.24) is 0 Å².